The van der Waals surface area contributed by atoms with Crippen molar-refractivity contribution in [3.63, 3.8) is 0 Å². The first kappa shape index (κ1) is 17.5. The highest BCUT2D eigenvalue weighted by atomic mass is 79.9. The summed E-state index contributed by atoms with van der Waals surface area (Å²) in [7, 11) is 1.70. The van der Waals surface area contributed by atoms with Crippen molar-refractivity contribution in [3.8, 4) is 5.75 Å². The SMILES string of the molecule is CCCNC(CCC(C)(C)C)c1ccc(OC)c(Br)c1. The van der Waals surface area contributed by atoms with E-state index in [0.29, 0.717) is 11.5 Å². The van der Waals surface area contributed by atoms with E-state index >= 15 is 0 Å². The first-order valence-corrected chi connectivity index (χ1v) is 8.23. The molecule has 0 radical (unpaired) electrons. The van der Waals surface area contributed by atoms with Gasteiger partial charge in [0.05, 0.1) is 11.6 Å². The van der Waals surface area contributed by atoms with Crippen LogP contribution in [0.3, 0.4) is 0 Å². The third-order valence-corrected chi connectivity index (χ3v) is 4.02. The predicted octanol–water partition coefficient (Wildman–Crippen LogP) is 5.32. The molecule has 2 nitrogen and oxygen atoms in total. The number of rotatable bonds is 7. The van der Waals surface area contributed by atoms with Crippen molar-refractivity contribution in [1.82, 2.24) is 5.32 Å². The third kappa shape index (κ3) is 5.84. The Morgan fingerprint density at radius 2 is 2.00 bits per heavy atom. The van der Waals surface area contributed by atoms with Crippen molar-refractivity contribution in [1.29, 1.82) is 0 Å². The van der Waals surface area contributed by atoms with E-state index in [0.717, 1.165) is 29.6 Å². The summed E-state index contributed by atoms with van der Waals surface area (Å²) in [6, 6.07) is 6.79. The Labute approximate surface area is 132 Å². The minimum Gasteiger partial charge on any atom is -0.496 e. The lowest BCUT2D eigenvalue weighted by Gasteiger charge is -2.25. The Balaban J connectivity index is 2.83. The maximum atomic E-state index is 5.31. The van der Waals surface area contributed by atoms with Crippen molar-refractivity contribution >= 4 is 15.9 Å². The molecule has 1 rings (SSSR count). The van der Waals surface area contributed by atoms with Crippen LogP contribution in [0.1, 0.15) is 58.6 Å². The fourth-order valence-corrected chi connectivity index (χ4v) is 2.74. The molecule has 0 aliphatic rings. The van der Waals surface area contributed by atoms with Crippen LogP contribution in [-0.4, -0.2) is 13.7 Å². The smallest absolute Gasteiger partial charge is 0.133 e. The van der Waals surface area contributed by atoms with Gasteiger partial charge >= 0.3 is 0 Å². The van der Waals surface area contributed by atoms with Crippen LogP contribution in [-0.2, 0) is 0 Å². The van der Waals surface area contributed by atoms with Crippen molar-refractivity contribution in [2.24, 2.45) is 5.41 Å². The summed E-state index contributed by atoms with van der Waals surface area (Å²) >= 11 is 3.58. The average Bonchev–Trinajstić information content (AvgIpc) is 2.37. The Hall–Kier alpha value is -0.540. The molecule has 0 saturated carbocycles. The Bertz CT molecular complexity index is 412. The van der Waals surface area contributed by atoms with Crippen molar-refractivity contribution < 1.29 is 4.74 Å². The van der Waals surface area contributed by atoms with Gasteiger partial charge in [-0.15, -0.1) is 0 Å². The molecule has 1 aromatic rings. The monoisotopic (exact) mass is 341 g/mol. The maximum absolute atomic E-state index is 5.31. The standard InChI is InChI=1S/C17H28BrNO/c1-6-11-19-15(9-10-17(2,3)4)13-7-8-16(20-5)14(18)12-13/h7-8,12,15,19H,6,9-11H2,1-5H3. The second kappa shape index (κ2) is 8.04. The number of benzene rings is 1. The fourth-order valence-electron chi connectivity index (χ4n) is 2.18. The van der Waals surface area contributed by atoms with Gasteiger partial charge in [-0.1, -0.05) is 33.8 Å². The van der Waals surface area contributed by atoms with Gasteiger partial charge in [0.1, 0.15) is 5.75 Å². The zero-order valence-corrected chi connectivity index (χ0v) is 15.0. The molecule has 1 atom stereocenters. The normalized spacial score (nSPS) is 13.3. The summed E-state index contributed by atoms with van der Waals surface area (Å²) in [5.41, 5.74) is 1.70. The summed E-state index contributed by atoms with van der Waals surface area (Å²) in [6.07, 6.45) is 3.52. The summed E-state index contributed by atoms with van der Waals surface area (Å²) in [4.78, 5) is 0. The number of hydrogen-bond donors (Lipinski definition) is 1. The lowest BCUT2D eigenvalue weighted by Crippen LogP contribution is -2.23. The van der Waals surface area contributed by atoms with E-state index in [1.165, 1.54) is 12.0 Å². The Kier molecular flexibility index (Phi) is 7.04. The molecule has 20 heavy (non-hydrogen) atoms. The molecule has 114 valence electrons. The molecule has 0 amide bonds. The third-order valence-electron chi connectivity index (χ3n) is 3.40. The minimum absolute atomic E-state index is 0.371. The second-order valence-electron chi connectivity index (χ2n) is 6.50. The van der Waals surface area contributed by atoms with Gasteiger partial charge in [0.2, 0.25) is 0 Å². The van der Waals surface area contributed by atoms with E-state index in [-0.39, 0.29) is 0 Å². The second-order valence-corrected chi connectivity index (χ2v) is 7.35. The number of methoxy groups -OCH3 is 1. The van der Waals surface area contributed by atoms with Crippen LogP contribution in [0.5, 0.6) is 5.75 Å². The first-order valence-electron chi connectivity index (χ1n) is 7.44. The maximum Gasteiger partial charge on any atom is 0.133 e. The molecule has 1 N–H and O–H groups in total. The van der Waals surface area contributed by atoms with Crippen LogP contribution in [0.2, 0.25) is 0 Å². The molecule has 0 fully saturated rings. The molecular formula is C17H28BrNO. The van der Waals surface area contributed by atoms with Crippen LogP contribution < -0.4 is 10.1 Å². The highest BCUT2D eigenvalue weighted by Crippen LogP contribution is 2.32. The zero-order chi connectivity index (χ0) is 15.2. The largest absolute Gasteiger partial charge is 0.496 e. The van der Waals surface area contributed by atoms with Gasteiger partial charge in [-0.2, -0.15) is 0 Å². The predicted molar refractivity (Wildman–Crippen MR) is 90.4 cm³/mol. The van der Waals surface area contributed by atoms with Gasteiger partial charge in [0.25, 0.3) is 0 Å². The first-order chi connectivity index (χ1) is 9.37. The summed E-state index contributed by atoms with van der Waals surface area (Å²) < 4.78 is 6.33. The lowest BCUT2D eigenvalue weighted by atomic mass is 9.87. The molecule has 0 heterocycles. The van der Waals surface area contributed by atoms with Crippen LogP contribution in [0, 0.1) is 5.41 Å². The van der Waals surface area contributed by atoms with Crippen molar-refractivity contribution in [3.05, 3.63) is 28.2 Å². The zero-order valence-electron chi connectivity index (χ0n) is 13.4. The van der Waals surface area contributed by atoms with Crippen LogP contribution in [0.25, 0.3) is 0 Å². The molecule has 1 unspecified atom stereocenters. The molecule has 0 aromatic heterocycles. The highest BCUT2D eigenvalue weighted by molar-refractivity contribution is 9.10. The van der Waals surface area contributed by atoms with E-state index < -0.39 is 0 Å². The minimum atomic E-state index is 0.371. The van der Waals surface area contributed by atoms with E-state index in [2.05, 4.69) is 61.1 Å². The fraction of sp³-hybridized carbons (Fsp3) is 0.647. The van der Waals surface area contributed by atoms with E-state index in [9.17, 15) is 0 Å². The Morgan fingerprint density at radius 3 is 2.50 bits per heavy atom. The van der Waals surface area contributed by atoms with Crippen molar-refractivity contribution in [2.45, 2.75) is 53.0 Å². The summed E-state index contributed by atoms with van der Waals surface area (Å²) in [5.74, 6) is 0.888. The number of hydrogen-bond acceptors (Lipinski definition) is 2. The molecule has 0 saturated heterocycles. The van der Waals surface area contributed by atoms with Gasteiger partial charge in [0, 0.05) is 6.04 Å². The van der Waals surface area contributed by atoms with Crippen LogP contribution in [0.15, 0.2) is 22.7 Å². The quantitative estimate of drug-likeness (QED) is 0.724. The molecule has 0 bridgehead atoms. The summed E-state index contributed by atoms with van der Waals surface area (Å²) in [5, 5.41) is 3.66. The van der Waals surface area contributed by atoms with E-state index in [1.807, 2.05) is 6.07 Å². The average molecular weight is 342 g/mol. The van der Waals surface area contributed by atoms with Gasteiger partial charge in [0.15, 0.2) is 0 Å². The highest BCUT2D eigenvalue weighted by Gasteiger charge is 2.17. The summed E-state index contributed by atoms with van der Waals surface area (Å²) in [6.45, 7) is 10.2. The Morgan fingerprint density at radius 1 is 1.30 bits per heavy atom. The van der Waals surface area contributed by atoms with E-state index in [4.69, 9.17) is 4.74 Å². The molecule has 0 aliphatic carbocycles. The molecule has 0 aliphatic heterocycles. The van der Waals surface area contributed by atoms with Gasteiger partial charge in [-0.25, -0.2) is 0 Å². The van der Waals surface area contributed by atoms with Crippen LogP contribution in [0.4, 0.5) is 0 Å². The van der Waals surface area contributed by atoms with Gasteiger partial charge < -0.3 is 10.1 Å². The van der Waals surface area contributed by atoms with Gasteiger partial charge in [-0.3, -0.25) is 0 Å². The van der Waals surface area contributed by atoms with E-state index in [1.54, 1.807) is 7.11 Å². The molecule has 3 heteroatoms. The number of halogens is 1. The molecule has 1 aromatic carbocycles. The van der Waals surface area contributed by atoms with Gasteiger partial charge in [-0.05, 0) is 64.8 Å². The topological polar surface area (TPSA) is 21.3 Å². The molecule has 0 spiro atoms. The lowest BCUT2D eigenvalue weighted by molar-refractivity contribution is 0.332. The number of ether oxygens (including phenoxy) is 1. The van der Waals surface area contributed by atoms with Crippen LogP contribution >= 0.6 is 15.9 Å². The van der Waals surface area contributed by atoms with Crippen molar-refractivity contribution in [2.75, 3.05) is 13.7 Å². The number of nitrogens with one attached hydrogen (secondary N) is 1. The molecular weight excluding hydrogens is 314 g/mol.